The summed E-state index contributed by atoms with van der Waals surface area (Å²) >= 11 is 0. The normalized spacial score (nSPS) is 17.5. The molecule has 0 unspecified atom stereocenters. The Bertz CT molecular complexity index is 3280. The Morgan fingerprint density at radius 1 is 0.756 bits per heavy atom. The minimum absolute atomic E-state index is 0.0146. The molecule has 3 heterocycles. The highest BCUT2D eigenvalue weighted by Gasteiger charge is 2.40. The third-order valence-electron chi connectivity index (χ3n) is 15.3. The lowest BCUT2D eigenvalue weighted by Gasteiger charge is -2.39. The van der Waals surface area contributed by atoms with Crippen molar-refractivity contribution in [3.63, 3.8) is 0 Å². The number of carbonyl (C=O) groups is 9. The molecule has 9 N–H and O–H groups in total. The number of rotatable bonds is 24. The molecular weight excluding hydrogens is 1050 g/mol. The molecule has 2 aliphatic heterocycles. The lowest BCUT2D eigenvalue weighted by Crippen LogP contribution is -2.59. The number of aromatic amines is 1. The number of nitro groups is 1. The van der Waals surface area contributed by atoms with Crippen molar-refractivity contribution in [3.05, 3.63) is 152 Å². The van der Waals surface area contributed by atoms with Gasteiger partial charge in [-0.1, -0.05) is 68.5 Å². The summed E-state index contributed by atoms with van der Waals surface area (Å²) in [5.41, 5.74) is 11.3. The molecule has 82 heavy (non-hydrogen) atoms. The highest BCUT2D eigenvalue weighted by molar-refractivity contribution is 6.10. The molecule has 0 spiro atoms. The Hall–Kier alpha value is -9.05. The smallest absolute Gasteiger partial charge is 0.269 e. The Labute approximate surface area is 473 Å². The van der Waals surface area contributed by atoms with Crippen molar-refractivity contribution in [1.29, 1.82) is 0 Å². The molecule has 0 bridgehead atoms. The molecule has 5 aromatic rings. The van der Waals surface area contributed by atoms with E-state index >= 15 is 0 Å². The number of primary amides is 1. The fourth-order valence-corrected chi connectivity index (χ4v) is 11.0. The summed E-state index contributed by atoms with van der Waals surface area (Å²) in [6.07, 6.45) is 7.01. The number of nitro benzene ring substituents is 1. The zero-order valence-corrected chi connectivity index (χ0v) is 46.3. The molecule has 1 saturated heterocycles. The third-order valence-corrected chi connectivity index (χ3v) is 15.3. The molecule has 3 aliphatic rings. The van der Waals surface area contributed by atoms with Crippen molar-refractivity contribution < 1.29 is 48.1 Å². The van der Waals surface area contributed by atoms with Gasteiger partial charge < -0.3 is 47.5 Å². The van der Waals surface area contributed by atoms with E-state index in [0.29, 0.717) is 67.4 Å². The molecule has 0 radical (unpaired) electrons. The van der Waals surface area contributed by atoms with Gasteiger partial charge in [0.25, 0.3) is 17.5 Å². The molecule has 6 atom stereocenters. The van der Waals surface area contributed by atoms with Gasteiger partial charge in [0.15, 0.2) is 5.78 Å². The number of nitrogens with two attached hydrogens (primary N) is 1. The van der Waals surface area contributed by atoms with E-state index in [9.17, 15) is 53.3 Å². The van der Waals surface area contributed by atoms with E-state index in [1.165, 1.54) is 90.2 Å². The molecule has 1 aliphatic carbocycles. The number of unbranched alkanes of at least 4 members (excludes halogenated alkanes) is 1. The molecule has 430 valence electrons. The van der Waals surface area contributed by atoms with Gasteiger partial charge >= 0.3 is 0 Å². The Balaban J connectivity index is 0.835. The first-order chi connectivity index (χ1) is 39.3. The van der Waals surface area contributed by atoms with E-state index in [1.54, 1.807) is 13.8 Å². The predicted octanol–water partition coefficient (Wildman–Crippen LogP) is 3.47. The molecule has 0 saturated carbocycles. The van der Waals surface area contributed by atoms with E-state index < -0.39 is 70.5 Å². The van der Waals surface area contributed by atoms with Gasteiger partial charge in [-0.2, -0.15) is 0 Å². The second-order valence-corrected chi connectivity index (χ2v) is 21.5. The first kappa shape index (κ1) is 59.1. The molecule has 1 aromatic heterocycles. The van der Waals surface area contributed by atoms with Crippen LogP contribution in [0.5, 0.6) is 0 Å². The van der Waals surface area contributed by atoms with Crippen LogP contribution in [-0.2, 0) is 41.6 Å². The number of carbonyl (C=O) groups excluding carboxylic acids is 9. The van der Waals surface area contributed by atoms with Gasteiger partial charge in [-0.05, 0) is 104 Å². The first-order valence-corrected chi connectivity index (χ1v) is 27.6. The van der Waals surface area contributed by atoms with Crippen LogP contribution in [0.25, 0.3) is 16.5 Å². The van der Waals surface area contributed by atoms with Crippen LogP contribution in [0.1, 0.15) is 106 Å². The number of amides is 8. The van der Waals surface area contributed by atoms with Crippen LogP contribution < -0.4 is 37.6 Å². The summed E-state index contributed by atoms with van der Waals surface area (Å²) in [5.74, 6) is -5.07. The van der Waals surface area contributed by atoms with Crippen LogP contribution in [0.15, 0.2) is 103 Å². The number of H-pyrrole nitrogens is 1. The van der Waals surface area contributed by atoms with Crippen molar-refractivity contribution in [2.75, 3.05) is 39.8 Å². The molecule has 22 heteroatoms. The Morgan fingerprint density at radius 3 is 2.01 bits per heavy atom. The van der Waals surface area contributed by atoms with E-state index in [-0.39, 0.29) is 66.9 Å². The fraction of sp³-hybridized carbons (Fsp3) is 0.383. The average molecular weight is 1120 g/mol. The number of fused-ring (bicyclic) bond motifs is 2. The fourth-order valence-electron chi connectivity index (χ4n) is 11.0. The van der Waals surface area contributed by atoms with Crippen LogP contribution in [0.4, 0.5) is 5.69 Å². The average Bonchev–Trinajstić information content (AvgIpc) is 4.14. The zero-order valence-electron chi connectivity index (χ0n) is 46.3. The van der Waals surface area contributed by atoms with Crippen LogP contribution in [0.2, 0.25) is 0 Å². The van der Waals surface area contributed by atoms with Crippen molar-refractivity contribution >= 4 is 75.2 Å². The van der Waals surface area contributed by atoms with E-state index in [1.807, 2.05) is 31.5 Å². The van der Waals surface area contributed by atoms with Gasteiger partial charge in [0, 0.05) is 104 Å². The minimum Gasteiger partial charge on any atom is -0.368 e. The summed E-state index contributed by atoms with van der Waals surface area (Å²) in [6, 6.07) is 19.9. The SMILES string of the molecule is CC(=O)N[C@@H](CCCCNC(=O)c1ccc(C(=O)c2ccc(C(=O)NCCNC(=O)[C@@H]3CCCN3C(=O)[C@H](Cc3ccc([N+](=O)[O-])cc3)NC(=O)[C@@H](NC(=O)[C@@H]3C=C4c5cccc6[nH]cc(c56)C[C@H]4N(C)C3)C(C)C)cc2)cc1)C(N)=O. The molecule has 8 amide bonds. The maximum Gasteiger partial charge on any atom is 0.269 e. The quantitative estimate of drug-likeness (QED) is 0.0191. The highest BCUT2D eigenvalue weighted by atomic mass is 16.6. The summed E-state index contributed by atoms with van der Waals surface area (Å²) < 4.78 is 0. The molecular formula is C60H69N11O11. The van der Waals surface area contributed by atoms with Crippen LogP contribution in [0.3, 0.4) is 0 Å². The van der Waals surface area contributed by atoms with E-state index in [0.717, 1.165) is 28.5 Å². The predicted molar refractivity (Wildman–Crippen MR) is 305 cm³/mol. The maximum atomic E-state index is 14.6. The Morgan fingerprint density at radius 2 is 1.39 bits per heavy atom. The number of nitrogens with zero attached hydrogens (tertiary/aromatic N) is 3. The highest BCUT2D eigenvalue weighted by Crippen LogP contribution is 2.41. The molecule has 22 nitrogen and oxygen atoms in total. The summed E-state index contributed by atoms with van der Waals surface area (Å²) in [6.45, 7) is 5.88. The zero-order chi connectivity index (χ0) is 58.8. The van der Waals surface area contributed by atoms with Crippen LogP contribution in [0, 0.1) is 22.0 Å². The van der Waals surface area contributed by atoms with Gasteiger partial charge in [0.2, 0.25) is 35.4 Å². The summed E-state index contributed by atoms with van der Waals surface area (Å²) in [4.78, 5) is 137. The number of non-ortho nitro benzene ring substituents is 1. The summed E-state index contributed by atoms with van der Waals surface area (Å²) in [7, 11) is 1.99. The first-order valence-electron chi connectivity index (χ1n) is 27.6. The third kappa shape index (κ3) is 14.1. The Kier molecular flexibility index (Phi) is 19.1. The van der Waals surface area contributed by atoms with Gasteiger partial charge in [0.1, 0.15) is 24.2 Å². The van der Waals surface area contributed by atoms with Crippen molar-refractivity contribution in [3.8, 4) is 0 Å². The number of ketones is 1. The standard InChI is InChI=1S/C60H69N11O11/c1-34(2)52(68-57(77)42-30-45-44-9-7-11-46-51(44)41(32-65-46)31-50(45)69(4)33-42)59(79)67-48(29-36-13-23-43(24-14-36)71(81)82)60(80)70-28-8-12-49(70)58(78)64-27-26-63-56(76)40-21-17-38(18-22-40)53(73)37-15-19-39(20-16-37)55(75)62-25-6-5-10-47(54(61)74)66-35(3)72/h7,9,11,13-24,30,32,34,42,47-50,52,65H,5-6,8,10,12,25-29,31,33H2,1-4H3,(H2,61,74)(H,62,75)(H,63,76)(H,64,78)(H,66,72)(H,67,79)(H,68,77)/t42-,47+,48+,49+,50-,52+/m1/s1. The van der Waals surface area contributed by atoms with Crippen molar-refractivity contribution in [1.82, 2.24) is 46.7 Å². The second-order valence-electron chi connectivity index (χ2n) is 21.5. The number of hydrogen-bond donors (Lipinski definition) is 8. The monoisotopic (exact) mass is 1120 g/mol. The topological polar surface area (TPSA) is 317 Å². The van der Waals surface area contributed by atoms with Crippen LogP contribution in [-0.4, -0.2) is 143 Å². The lowest BCUT2D eigenvalue weighted by molar-refractivity contribution is -0.384. The number of likely N-dealkylation sites (tertiary alicyclic amines) is 1. The molecule has 1 fully saturated rings. The van der Waals surface area contributed by atoms with Crippen molar-refractivity contribution in [2.45, 2.75) is 95.9 Å². The van der Waals surface area contributed by atoms with Gasteiger partial charge in [0.05, 0.1) is 10.8 Å². The number of likely N-dealkylation sites (N-methyl/N-ethyl adjacent to an activating group) is 1. The maximum absolute atomic E-state index is 14.6. The number of benzene rings is 4. The van der Waals surface area contributed by atoms with Gasteiger partial charge in [-0.3, -0.25) is 58.2 Å². The largest absolute Gasteiger partial charge is 0.368 e. The second kappa shape index (κ2) is 26.5. The van der Waals surface area contributed by atoms with E-state index in [2.05, 4.69) is 47.9 Å². The van der Waals surface area contributed by atoms with Crippen LogP contribution >= 0.6 is 0 Å². The van der Waals surface area contributed by atoms with Gasteiger partial charge in [-0.25, -0.2) is 0 Å². The minimum atomic E-state index is -1.22. The number of nitrogens with one attached hydrogen (secondary N) is 7. The number of aromatic nitrogens is 1. The number of hydrogen-bond acceptors (Lipinski definition) is 12. The van der Waals surface area contributed by atoms with Gasteiger partial charge in [-0.15, -0.1) is 0 Å². The summed E-state index contributed by atoms with van der Waals surface area (Å²) in [5, 5.41) is 29.3. The van der Waals surface area contributed by atoms with Crippen molar-refractivity contribution in [2.24, 2.45) is 17.6 Å². The molecule has 8 rings (SSSR count). The lowest BCUT2D eigenvalue weighted by atomic mass is 9.79. The molecule has 4 aromatic carbocycles. The van der Waals surface area contributed by atoms with E-state index in [4.69, 9.17) is 5.73 Å².